The molecule has 0 radical (unpaired) electrons. The fraction of sp³-hybridized carbons (Fsp3) is 0.130. The smallest absolute Gasteiger partial charge is 0.338 e. The van der Waals surface area contributed by atoms with Crippen molar-refractivity contribution in [2.75, 3.05) is 23.0 Å². The molecule has 1 atom stereocenters. The van der Waals surface area contributed by atoms with E-state index in [1.165, 1.54) is 4.90 Å². The van der Waals surface area contributed by atoms with Gasteiger partial charge in [0.25, 0.3) is 0 Å². The van der Waals surface area contributed by atoms with Gasteiger partial charge in [0.15, 0.2) is 0 Å². The average molecular weight is 427 g/mol. The summed E-state index contributed by atoms with van der Waals surface area (Å²) in [6, 6.07) is 17.7. The summed E-state index contributed by atoms with van der Waals surface area (Å²) >= 11 is 0. The second-order valence-corrected chi connectivity index (χ2v) is 7.57. The monoisotopic (exact) mass is 427 g/mol. The Morgan fingerprint density at radius 2 is 1.81 bits per heavy atom. The Bertz CT molecular complexity index is 1310. The van der Waals surface area contributed by atoms with Crippen LogP contribution < -0.4 is 21.3 Å². The second kappa shape index (κ2) is 6.72. The van der Waals surface area contributed by atoms with E-state index >= 15 is 0 Å². The number of hydrogen-bond donors (Lipinski definition) is 2. The number of nitriles is 1. The van der Waals surface area contributed by atoms with Crippen LogP contribution in [0, 0.1) is 11.3 Å². The topological polar surface area (TPSA) is 143 Å². The first-order chi connectivity index (χ1) is 15.4. The van der Waals surface area contributed by atoms with Crippen molar-refractivity contribution in [2.24, 2.45) is 11.5 Å². The summed E-state index contributed by atoms with van der Waals surface area (Å²) in [6.07, 6.45) is 0. The molecule has 0 fully saturated rings. The van der Waals surface area contributed by atoms with Gasteiger partial charge in [-0.15, -0.1) is 0 Å². The number of fused-ring (bicyclic) bond motifs is 3. The number of para-hydroxylation sites is 2. The van der Waals surface area contributed by atoms with Crippen molar-refractivity contribution in [1.29, 1.82) is 5.26 Å². The molecule has 9 nitrogen and oxygen atoms in total. The van der Waals surface area contributed by atoms with E-state index in [4.69, 9.17) is 16.2 Å². The van der Waals surface area contributed by atoms with E-state index in [-0.39, 0.29) is 23.6 Å². The van der Waals surface area contributed by atoms with Gasteiger partial charge in [0.05, 0.1) is 16.8 Å². The van der Waals surface area contributed by atoms with E-state index in [0.717, 1.165) is 0 Å². The highest BCUT2D eigenvalue weighted by Crippen LogP contribution is 2.56. The number of ether oxygens (including phenoxy) is 1. The third-order valence-electron chi connectivity index (χ3n) is 5.95. The standard InChI is InChI=1S/C23H17N5O4/c24-10-15-20(26)28(13-6-2-1-3-7-13)17-12-32-21(30)19(17)23(15)14-8-4-5-9-16(14)27(22(23)31)11-18(25)29/h1-9H,11-12,26H2,(H2,25,29)/t23-/m1/s1. The minimum atomic E-state index is -1.82. The van der Waals surface area contributed by atoms with Crippen molar-refractivity contribution >= 4 is 29.2 Å². The van der Waals surface area contributed by atoms with Crippen LogP contribution in [0.5, 0.6) is 0 Å². The minimum Gasteiger partial charge on any atom is -0.456 e. The molecule has 2 amide bonds. The maximum Gasteiger partial charge on any atom is 0.338 e. The Labute approximate surface area is 182 Å². The van der Waals surface area contributed by atoms with E-state index in [1.807, 2.05) is 6.07 Å². The molecular weight excluding hydrogens is 410 g/mol. The number of anilines is 2. The molecule has 4 N–H and O–H groups in total. The van der Waals surface area contributed by atoms with Crippen LogP contribution >= 0.6 is 0 Å². The van der Waals surface area contributed by atoms with Crippen molar-refractivity contribution < 1.29 is 19.1 Å². The molecule has 3 aliphatic rings. The SMILES string of the molecule is N#CC1=C(N)N(c2ccccc2)C2=C(C(=O)OC2)[C@]12C(=O)N(CC(N)=O)c1ccccc12. The summed E-state index contributed by atoms with van der Waals surface area (Å²) in [6.45, 7) is -0.522. The Morgan fingerprint density at radius 3 is 2.50 bits per heavy atom. The van der Waals surface area contributed by atoms with Crippen LogP contribution in [0.1, 0.15) is 5.56 Å². The molecule has 5 rings (SSSR count). The fourth-order valence-corrected chi connectivity index (χ4v) is 4.78. The summed E-state index contributed by atoms with van der Waals surface area (Å²) < 4.78 is 5.35. The molecule has 0 saturated heterocycles. The largest absolute Gasteiger partial charge is 0.456 e. The zero-order chi connectivity index (χ0) is 22.6. The Hall–Kier alpha value is -4.58. The second-order valence-electron chi connectivity index (χ2n) is 7.57. The molecule has 0 bridgehead atoms. The number of cyclic esters (lactones) is 1. The van der Waals surface area contributed by atoms with E-state index in [1.54, 1.807) is 53.4 Å². The predicted molar refractivity (Wildman–Crippen MR) is 113 cm³/mol. The number of benzene rings is 2. The number of amides is 2. The van der Waals surface area contributed by atoms with Gasteiger partial charge in [-0.05, 0) is 18.2 Å². The fourth-order valence-electron chi connectivity index (χ4n) is 4.78. The summed E-state index contributed by atoms with van der Waals surface area (Å²) in [5.41, 5.74) is 11.8. The summed E-state index contributed by atoms with van der Waals surface area (Å²) in [5.74, 6) is -2.08. The molecule has 9 heteroatoms. The quantitative estimate of drug-likeness (QED) is 0.689. The molecular formula is C23H17N5O4. The third-order valence-corrected chi connectivity index (χ3v) is 5.95. The summed E-state index contributed by atoms with van der Waals surface area (Å²) in [5, 5.41) is 10.2. The number of primary amides is 1. The van der Waals surface area contributed by atoms with Gasteiger partial charge in [0.1, 0.15) is 30.5 Å². The molecule has 0 aliphatic carbocycles. The maximum absolute atomic E-state index is 13.9. The molecule has 3 aliphatic heterocycles. The predicted octanol–water partition coefficient (Wildman–Crippen LogP) is 0.781. The Morgan fingerprint density at radius 1 is 1.12 bits per heavy atom. The van der Waals surface area contributed by atoms with Crippen LogP contribution in [0.4, 0.5) is 11.4 Å². The highest BCUT2D eigenvalue weighted by atomic mass is 16.5. The molecule has 1 spiro atoms. The molecule has 0 unspecified atom stereocenters. The van der Waals surface area contributed by atoms with Gasteiger partial charge in [-0.25, -0.2) is 4.79 Å². The van der Waals surface area contributed by atoms with Crippen LogP contribution in [0.25, 0.3) is 0 Å². The van der Waals surface area contributed by atoms with Crippen LogP contribution in [-0.4, -0.2) is 30.9 Å². The molecule has 2 aromatic rings. The highest BCUT2D eigenvalue weighted by molar-refractivity contribution is 6.21. The highest BCUT2D eigenvalue weighted by Gasteiger charge is 2.64. The van der Waals surface area contributed by atoms with Crippen molar-refractivity contribution in [1.82, 2.24) is 0 Å². The number of rotatable bonds is 3. The van der Waals surface area contributed by atoms with E-state index < -0.39 is 29.7 Å². The van der Waals surface area contributed by atoms with Crippen molar-refractivity contribution in [2.45, 2.75) is 5.41 Å². The lowest BCUT2D eigenvalue weighted by molar-refractivity contribution is -0.137. The molecule has 3 heterocycles. The lowest BCUT2D eigenvalue weighted by Crippen LogP contribution is -2.51. The van der Waals surface area contributed by atoms with Gasteiger partial charge < -0.3 is 21.1 Å². The zero-order valence-electron chi connectivity index (χ0n) is 16.7. The van der Waals surface area contributed by atoms with Gasteiger partial charge in [-0.1, -0.05) is 36.4 Å². The first-order valence-electron chi connectivity index (χ1n) is 9.79. The Balaban J connectivity index is 1.86. The van der Waals surface area contributed by atoms with Crippen molar-refractivity contribution in [3.8, 4) is 6.07 Å². The molecule has 0 saturated carbocycles. The number of nitrogens with zero attached hydrogens (tertiary/aromatic N) is 3. The van der Waals surface area contributed by atoms with E-state index in [9.17, 15) is 19.6 Å². The van der Waals surface area contributed by atoms with Crippen LogP contribution in [0.2, 0.25) is 0 Å². The minimum absolute atomic E-state index is 0.0137. The van der Waals surface area contributed by atoms with Gasteiger partial charge in [-0.3, -0.25) is 14.5 Å². The molecule has 2 aromatic carbocycles. The van der Waals surface area contributed by atoms with Gasteiger partial charge in [0, 0.05) is 16.9 Å². The van der Waals surface area contributed by atoms with Crippen LogP contribution in [0.3, 0.4) is 0 Å². The number of esters is 1. The van der Waals surface area contributed by atoms with Crippen LogP contribution in [-0.2, 0) is 24.5 Å². The van der Waals surface area contributed by atoms with Gasteiger partial charge in [0.2, 0.25) is 11.8 Å². The number of carbonyl (C=O) groups excluding carboxylic acids is 3. The molecule has 0 aromatic heterocycles. The average Bonchev–Trinajstić information content (AvgIpc) is 3.27. The van der Waals surface area contributed by atoms with Crippen molar-refractivity contribution in [3.63, 3.8) is 0 Å². The summed E-state index contributed by atoms with van der Waals surface area (Å²) in [7, 11) is 0. The van der Waals surface area contributed by atoms with E-state index in [2.05, 4.69) is 6.07 Å². The summed E-state index contributed by atoms with van der Waals surface area (Å²) in [4.78, 5) is 41.5. The normalized spacial score (nSPS) is 21.6. The van der Waals surface area contributed by atoms with Crippen LogP contribution in [0.15, 0.2) is 77.3 Å². The lowest BCUT2D eigenvalue weighted by atomic mass is 9.67. The molecule has 32 heavy (non-hydrogen) atoms. The Kier molecular flexibility index (Phi) is 4.07. The number of nitrogens with two attached hydrogens (primary N) is 2. The number of hydrogen-bond acceptors (Lipinski definition) is 7. The molecule has 158 valence electrons. The van der Waals surface area contributed by atoms with Crippen molar-refractivity contribution in [3.05, 3.63) is 82.8 Å². The van der Waals surface area contributed by atoms with E-state index in [0.29, 0.717) is 22.6 Å². The van der Waals surface area contributed by atoms with Gasteiger partial charge >= 0.3 is 5.97 Å². The lowest BCUT2D eigenvalue weighted by Gasteiger charge is -2.38. The third kappa shape index (κ3) is 2.29. The zero-order valence-corrected chi connectivity index (χ0v) is 16.7. The first kappa shape index (κ1) is 19.4. The first-order valence-corrected chi connectivity index (χ1v) is 9.79. The number of carbonyl (C=O) groups is 3. The maximum atomic E-state index is 13.9. The van der Waals surface area contributed by atoms with Gasteiger partial charge in [-0.2, -0.15) is 5.26 Å².